The molecule has 1 aliphatic carbocycles. The summed E-state index contributed by atoms with van der Waals surface area (Å²) in [5.74, 6) is 0.977. The second-order valence-electron chi connectivity index (χ2n) is 7.03. The normalized spacial score (nSPS) is 15.2. The molecule has 3 heteroatoms. The second kappa shape index (κ2) is 7.81. The van der Waals surface area contributed by atoms with E-state index in [1.54, 1.807) is 0 Å². The molecule has 1 aromatic rings. The topological polar surface area (TPSA) is 30.5 Å². The highest BCUT2D eigenvalue weighted by molar-refractivity contribution is 5.33. The van der Waals surface area contributed by atoms with Gasteiger partial charge in [-0.3, -0.25) is 0 Å². The third kappa shape index (κ3) is 6.96. The van der Waals surface area contributed by atoms with Crippen LogP contribution in [-0.4, -0.2) is 25.9 Å². The zero-order chi connectivity index (χ0) is 15.1. The molecule has 0 unspecified atom stereocenters. The Bertz CT molecular complexity index is 421. The van der Waals surface area contributed by atoms with E-state index >= 15 is 0 Å². The van der Waals surface area contributed by atoms with Gasteiger partial charge in [-0.25, -0.2) is 0 Å². The Labute approximate surface area is 129 Å². The van der Waals surface area contributed by atoms with Crippen molar-refractivity contribution in [3.63, 3.8) is 0 Å². The van der Waals surface area contributed by atoms with E-state index < -0.39 is 0 Å². The lowest BCUT2D eigenvalue weighted by Crippen LogP contribution is -2.17. The predicted octanol–water partition coefficient (Wildman–Crippen LogP) is 3.77. The fourth-order valence-electron chi connectivity index (χ4n) is 2.02. The van der Waals surface area contributed by atoms with Gasteiger partial charge in [-0.1, -0.05) is 39.0 Å². The van der Waals surface area contributed by atoms with Gasteiger partial charge in [-0.15, -0.1) is 0 Å². The summed E-state index contributed by atoms with van der Waals surface area (Å²) < 4.78 is 11.5. The second-order valence-corrected chi connectivity index (χ2v) is 7.03. The van der Waals surface area contributed by atoms with Crippen LogP contribution in [0.25, 0.3) is 0 Å². The number of hydrogen-bond donors (Lipinski definition) is 1. The van der Waals surface area contributed by atoms with Crippen molar-refractivity contribution in [2.75, 3.05) is 19.8 Å². The number of benzene rings is 1. The van der Waals surface area contributed by atoms with E-state index in [1.165, 1.54) is 18.4 Å². The van der Waals surface area contributed by atoms with E-state index in [2.05, 4.69) is 38.2 Å². The van der Waals surface area contributed by atoms with Crippen molar-refractivity contribution in [1.29, 1.82) is 0 Å². The maximum Gasteiger partial charge on any atom is 0.123 e. The molecule has 1 fully saturated rings. The molecule has 21 heavy (non-hydrogen) atoms. The maximum absolute atomic E-state index is 5.86. The molecular formula is C18H29NO2. The molecule has 1 saturated carbocycles. The van der Waals surface area contributed by atoms with E-state index in [0.717, 1.165) is 31.4 Å². The first-order valence-electron chi connectivity index (χ1n) is 8.06. The van der Waals surface area contributed by atoms with Gasteiger partial charge in [0.05, 0.1) is 6.61 Å². The van der Waals surface area contributed by atoms with Crippen molar-refractivity contribution >= 4 is 0 Å². The summed E-state index contributed by atoms with van der Waals surface area (Å²) in [5.41, 5.74) is 1.57. The summed E-state index contributed by atoms with van der Waals surface area (Å²) in [6.45, 7) is 9.66. The van der Waals surface area contributed by atoms with Gasteiger partial charge in [0.25, 0.3) is 0 Å². The molecule has 0 aliphatic heterocycles. The zero-order valence-electron chi connectivity index (χ0n) is 13.7. The van der Waals surface area contributed by atoms with Gasteiger partial charge in [0, 0.05) is 24.8 Å². The van der Waals surface area contributed by atoms with E-state index in [1.807, 2.05) is 12.1 Å². The van der Waals surface area contributed by atoms with Crippen molar-refractivity contribution < 1.29 is 9.47 Å². The first kappa shape index (κ1) is 16.3. The fourth-order valence-corrected chi connectivity index (χ4v) is 2.02. The van der Waals surface area contributed by atoms with E-state index in [9.17, 15) is 0 Å². The van der Waals surface area contributed by atoms with E-state index in [0.29, 0.717) is 18.6 Å². The van der Waals surface area contributed by atoms with Crippen LogP contribution in [0.4, 0.5) is 0 Å². The average Bonchev–Trinajstić information content (AvgIpc) is 3.24. The monoisotopic (exact) mass is 291 g/mol. The van der Waals surface area contributed by atoms with Crippen LogP contribution < -0.4 is 10.1 Å². The molecule has 1 aliphatic rings. The number of para-hydroxylation sites is 1. The zero-order valence-corrected chi connectivity index (χ0v) is 13.7. The third-order valence-electron chi connectivity index (χ3n) is 3.61. The van der Waals surface area contributed by atoms with Crippen LogP contribution in [0.5, 0.6) is 5.75 Å². The van der Waals surface area contributed by atoms with Gasteiger partial charge >= 0.3 is 0 Å². The van der Waals surface area contributed by atoms with Gasteiger partial charge in [-0.2, -0.15) is 0 Å². The molecular weight excluding hydrogens is 262 g/mol. The van der Waals surface area contributed by atoms with E-state index in [-0.39, 0.29) is 0 Å². The molecule has 0 aromatic heterocycles. The van der Waals surface area contributed by atoms with Crippen molar-refractivity contribution in [2.45, 2.75) is 52.6 Å². The van der Waals surface area contributed by atoms with Gasteiger partial charge in [0.2, 0.25) is 0 Å². The Morgan fingerprint density at radius 2 is 1.86 bits per heavy atom. The van der Waals surface area contributed by atoms with Crippen LogP contribution in [0, 0.1) is 5.41 Å². The lowest BCUT2D eigenvalue weighted by Gasteiger charge is -2.18. The van der Waals surface area contributed by atoms with Crippen LogP contribution >= 0.6 is 0 Å². The molecule has 0 spiro atoms. The minimum Gasteiger partial charge on any atom is -0.491 e. The largest absolute Gasteiger partial charge is 0.491 e. The Balaban J connectivity index is 1.65. The Morgan fingerprint density at radius 3 is 2.57 bits per heavy atom. The number of nitrogens with one attached hydrogen (secondary N) is 1. The Kier molecular flexibility index (Phi) is 6.07. The molecule has 0 saturated heterocycles. The van der Waals surface area contributed by atoms with Crippen molar-refractivity contribution in [1.82, 2.24) is 5.32 Å². The lowest BCUT2D eigenvalue weighted by molar-refractivity contribution is 0.0816. The number of ether oxygens (including phenoxy) is 2. The molecule has 3 nitrogen and oxygen atoms in total. The molecule has 2 rings (SSSR count). The smallest absolute Gasteiger partial charge is 0.123 e. The standard InChI is InChI=1S/C18H29NO2/c1-18(2,3)10-11-20-12-13-21-17-7-5-4-6-15(17)14-19-16-8-9-16/h4-7,16,19H,8-14H2,1-3H3. The van der Waals surface area contributed by atoms with Crippen LogP contribution in [0.2, 0.25) is 0 Å². The summed E-state index contributed by atoms with van der Waals surface area (Å²) in [7, 11) is 0. The van der Waals surface area contributed by atoms with Crippen LogP contribution in [0.3, 0.4) is 0 Å². The summed E-state index contributed by atoms with van der Waals surface area (Å²) >= 11 is 0. The minimum absolute atomic E-state index is 0.335. The summed E-state index contributed by atoms with van der Waals surface area (Å²) in [6, 6.07) is 8.98. The van der Waals surface area contributed by atoms with Gasteiger partial charge in [0.1, 0.15) is 12.4 Å². The van der Waals surface area contributed by atoms with Crippen molar-refractivity contribution in [3.8, 4) is 5.75 Å². The molecule has 0 radical (unpaired) electrons. The molecule has 1 aromatic carbocycles. The summed E-state index contributed by atoms with van der Waals surface area (Å²) in [6.07, 6.45) is 3.70. The van der Waals surface area contributed by atoms with Gasteiger partial charge in [0.15, 0.2) is 0 Å². The number of hydrogen-bond acceptors (Lipinski definition) is 3. The predicted molar refractivity (Wildman–Crippen MR) is 86.7 cm³/mol. The third-order valence-corrected chi connectivity index (χ3v) is 3.61. The van der Waals surface area contributed by atoms with Crippen LogP contribution in [0.15, 0.2) is 24.3 Å². The molecule has 0 bridgehead atoms. The Hall–Kier alpha value is -1.06. The first-order valence-corrected chi connectivity index (χ1v) is 8.06. The highest BCUT2D eigenvalue weighted by atomic mass is 16.5. The van der Waals surface area contributed by atoms with E-state index in [4.69, 9.17) is 9.47 Å². The number of rotatable bonds is 9. The maximum atomic E-state index is 5.86. The molecule has 0 atom stereocenters. The molecule has 0 amide bonds. The van der Waals surface area contributed by atoms with Crippen LogP contribution in [0.1, 0.15) is 45.6 Å². The summed E-state index contributed by atoms with van der Waals surface area (Å²) in [4.78, 5) is 0. The van der Waals surface area contributed by atoms with Crippen molar-refractivity contribution in [3.05, 3.63) is 29.8 Å². The van der Waals surface area contributed by atoms with Gasteiger partial charge in [-0.05, 0) is 30.7 Å². The Morgan fingerprint density at radius 1 is 1.10 bits per heavy atom. The summed E-state index contributed by atoms with van der Waals surface area (Å²) in [5, 5.41) is 3.53. The minimum atomic E-state index is 0.335. The SMILES string of the molecule is CC(C)(C)CCOCCOc1ccccc1CNC1CC1. The molecule has 118 valence electrons. The highest BCUT2D eigenvalue weighted by Gasteiger charge is 2.20. The van der Waals surface area contributed by atoms with Crippen LogP contribution in [-0.2, 0) is 11.3 Å². The lowest BCUT2D eigenvalue weighted by atomic mass is 9.93. The molecule has 0 heterocycles. The fraction of sp³-hybridized carbons (Fsp3) is 0.667. The van der Waals surface area contributed by atoms with Gasteiger partial charge < -0.3 is 14.8 Å². The van der Waals surface area contributed by atoms with Crippen molar-refractivity contribution in [2.24, 2.45) is 5.41 Å². The molecule has 1 N–H and O–H groups in total. The first-order chi connectivity index (χ1) is 10.0. The average molecular weight is 291 g/mol. The quantitative estimate of drug-likeness (QED) is 0.703. The highest BCUT2D eigenvalue weighted by Crippen LogP contribution is 2.22.